The maximum absolute atomic E-state index is 12.0. The van der Waals surface area contributed by atoms with E-state index in [0.29, 0.717) is 5.13 Å². The molecule has 7 nitrogen and oxygen atoms in total. The SMILES string of the molecule is O=C(Nc1nncs1)c1cc(=O)c(OCc2ccccc2)co1. The standard InChI is InChI=1S/C15H11N3O4S/c19-11-6-12(14(20)17-15-18-16-9-23-15)22-8-13(11)21-7-10-4-2-1-3-5-10/h1-6,8-9H,7H2,(H,17,18,20). The normalized spacial score (nSPS) is 10.3. The number of benzene rings is 1. The quantitative estimate of drug-likeness (QED) is 0.772. The second-order valence-electron chi connectivity index (χ2n) is 4.45. The first-order chi connectivity index (χ1) is 11.2. The minimum absolute atomic E-state index is 0.0429. The summed E-state index contributed by atoms with van der Waals surface area (Å²) in [4.78, 5) is 23.9. The van der Waals surface area contributed by atoms with Gasteiger partial charge in [0.2, 0.25) is 16.3 Å². The predicted molar refractivity (Wildman–Crippen MR) is 83.6 cm³/mol. The summed E-state index contributed by atoms with van der Waals surface area (Å²) in [6.45, 7) is 0.238. The van der Waals surface area contributed by atoms with Gasteiger partial charge in [-0.15, -0.1) is 10.2 Å². The predicted octanol–water partition coefficient (Wildman–Crippen LogP) is 2.32. The first-order valence-corrected chi connectivity index (χ1v) is 7.47. The van der Waals surface area contributed by atoms with Crippen LogP contribution in [-0.4, -0.2) is 16.1 Å². The summed E-state index contributed by atoms with van der Waals surface area (Å²) in [5.74, 6) is -0.660. The highest BCUT2D eigenvalue weighted by atomic mass is 32.1. The maximum atomic E-state index is 12.0. The van der Waals surface area contributed by atoms with Crippen molar-refractivity contribution >= 4 is 22.4 Å². The Balaban J connectivity index is 1.68. The number of aromatic nitrogens is 2. The molecule has 0 bridgehead atoms. The van der Waals surface area contributed by atoms with Crippen LogP contribution in [0.3, 0.4) is 0 Å². The van der Waals surface area contributed by atoms with Crippen molar-refractivity contribution in [3.05, 3.63) is 69.7 Å². The average molecular weight is 329 g/mol. The third kappa shape index (κ3) is 3.80. The molecule has 8 heteroatoms. The molecule has 116 valence electrons. The van der Waals surface area contributed by atoms with Crippen LogP contribution in [-0.2, 0) is 6.61 Å². The molecule has 1 N–H and O–H groups in total. The van der Waals surface area contributed by atoms with Crippen LogP contribution >= 0.6 is 11.3 Å². The lowest BCUT2D eigenvalue weighted by atomic mass is 10.2. The van der Waals surface area contributed by atoms with E-state index < -0.39 is 11.3 Å². The Bertz CT molecular complexity index is 847. The molecule has 3 rings (SSSR count). The number of anilines is 1. The lowest BCUT2D eigenvalue weighted by molar-refractivity contribution is 0.0993. The van der Waals surface area contributed by atoms with Crippen molar-refractivity contribution in [2.75, 3.05) is 5.32 Å². The van der Waals surface area contributed by atoms with E-state index in [1.807, 2.05) is 30.3 Å². The van der Waals surface area contributed by atoms with E-state index in [2.05, 4.69) is 15.5 Å². The van der Waals surface area contributed by atoms with Gasteiger partial charge in [0.1, 0.15) is 18.4 Å². The van der Waals surface area contributed by atoms with Gasteiger partial charge in [-0.05, 0) is 5.56 Å². The van der Waals surface area contributed by atoms with E-state index in [1.165, 1.54) is 5.51 Å². The monoisotopic (exact) mass is 329 g/mol. The van der Waals surface area contributed by atoms with Crippen molar-refractivity contribution in [1.29, 1.82) is 0 Å². The third-order valence-corrected chi connectivity index (χ3v) is 3.45. The van der Waals surface area contributed by atoms with Gasteiger partial charge in [-0.25, -0.2) is 0 Å². The van der Waals surface area contributed by atoms with Crippen molar-refractivity contribution in [3.8, 4) is 5.75 Å². The van der Waals surface area contributed by atoms with Gasteiger partial charge in [0.05, 0.1) is 0 Å². The number of hydrogen-bond donors (Lipinski definition) is 1. The molecular weight excluding hydrogens is 318 g/mol. The fourth-order valence-electron chi connectivity index (χ4n) is 1.75. The topological polar surface area (TPSA) is 94.3 Å². The summed E-state index contributed by atoms with van der Waals surface area (Å²) in [6.07, 6.45) is 1.13. The van der Waals surface area contributed by atoms with E-state index >= 15 is 0 Å². The van der Waals surface area contributed by atoms with Crippen LogP contribution in [0.15, 0.2) is 57.4 Å². The van der Waals surface area contributed by atoms with E-state index in [1.54, 1.807) is 0 Å². The minimum Gasteiger partial charge on any atom is -0.482 e. The molecule has 0 aliphatic rings. The summed E-state index contributed by atoms with van der Waals surface area (Å²) < 4.78 is 10.6. The number of rotatable bonds is 5. The van der Waals surface area contributed by atoms with Crippen LogP contribution in [0.2, 0.25) is 0 Å². The highest BCUT2D eigenvalue weighted by molar-refractivity contribution is 7.13. The van der Waals surface area contributed by atoms with E-state index in [9.17, 15) is 9.59 Å². The van der Waals surface area contributed by atoms with Crippen molar-refractivity contribution in [1.82, 2.24) is 10.2 Å². The highest BCUT2D eigenvalue weighted by Crippen LogP contribution is 2.12. The Labute approximate surface area is 134 Å². The Morgan fingerprint density at radius 3 is 2.83 bits per heavy atom. The van der Waals surface area contributed by atoms with Crippen LogP contribution in [0.4, 0.5) is 5.13 Å². The fraction of sp³-hybridized carbons (Fsp3) is 0.0667. The fourth-order valence-corrected chi connectivity index (χ4v) is 2.19. The maximum Gasteiger partial charge on any atom is 0.293 e. The number of ether oxygens (including phenoxy) is 1. The molecule has 0 saturated carbocycles. The molecule has 23 heavy (non-hydrogen) atoms. The Morgan fingerprint density at radius 1 is 1.30 bits per heavy atom. The first-order valence-electron chi connectivity index (χ1n) is 6.59. The zero-order valence-electron chi connectivity index (χ0n) is 11.8. The smallest absolute Gasteiger partial charge is 0.293 e. The molecule has 0 radical (unpaired) electrons. The molecule has 0 spiro atoms. The highest BCUT2D eigenvalue weighted by Gasteiger charge is 2.13. The van der Waals surface area contributed by atoms with E-state index in [0.717, 1.165) is 29.2 Å². The van der Waals surface area contributed by atoms with Crippen molar-refractivity contribution < 1.29 is 13.9 Å². The molecule has 0 fully saturated rings. The van der Waals surface area contributed by atoms with Gasteiger partial charge < -0.3 is 9.15 Å². The number of carbonyl (C=O) groups excluding carboxylic acids is 1. The van der Waals surface area contributed by atoms with E-state index in [4.69, 9.17) is 9.15 Å². The number of nitrogens with one attached hydrogen (secondary N) is 1. The summed E-state index contributed by atoms with van der Waals surface area (Å²) >= 11 is 1.16. The van der Waals surface area contributed by atoms with Crippen LogP contribution in [0.1, 0.15) is 16.1 Å². The zero-order valence-corrected chi connectivity index (χ0v) is 12.6. The molecular formula is C15H11N3O4S. The number of nitrogens with zero attached hydrogens (tertiary/aromatic N) is 2. The molecule has 3 aromatic rings. The molecule has 2 aromatic heterocycles. The largest absolute Gasteiger partial charge is 0.482 e. The van der Waals surface area contributed by atoms with Gasteiger partial charge in [-0.1, -0.05) is 41.7 Å². The lowest BCUT2D eigenvalue weighted by Crippen LogP contribution is -2.15. The van der Waals surface area contributed by atoms with Crippen LogP contribution in [0.5, 0.6) is 5.75 Å². The second-order valence-corrected chi connectivity index (χ2v) is 5.28. The molecule has 0 aliphatic carbocycles. The van der Waals surface area contributed by atoms with Gasteiger partial charge in [0, 0.05) is 6.07 Å². The number of hydrogen-bond acceptors (Lipinski definition) is 7. The zero-order chi connectivity index (χ0) is 16.1. The summed E-state index contributed by atoms with van der Waals surface area (Å²) in [7, 11) is 0. The number of carbonyl (C=O) groups is 1. The first kappa shape index (κ1) is 14.9. The molecule has 0 unspecified atom stereocenters. The van der Waals surface area contributed by atoms with Crippen LogP contribution in [0, 0.1) is 0 Å². The second kappa shape index (κ2) is 6.84. The van der Waals surface area contributed by atoms with E-state index in [-0.39, 0.29) is 18.1 Å². The van der Waals surface area contributed by atoms with Gasteiger partial charge in [0.15, 0.2) is 5.76 Å². The third-order valence-electron chi connectivity index (χ3n) is 2.84. The molecule has 2 heterocycles. The van der Waals surface area contributed by atoms with Crippen LogP contribution < -0.4 is 15.5 Å². The van der Waals surface area contributed by atoms with Gasteiger partial charge in [-0.2, -0.15) is 0 Å². The Kier molecular flexibility index (Phi) is 4.44. The van der Waals surface area contributed by atoms with Crippen molar-refractivity contribution in [2.45, 2.75) is 6.61 Å². The average Bonchev–Trinajstić information content (AvgIpc) is 3.07. The van der Waals surface area contributed by atoms with Crippen molar-refractivity contribution in [2.24, 2.45) is 0 Å². The van der Waals surface area contributed by atoms with Gasteiger partial charge in [0.25, 0.3) is 5.91 Å². The summed E-state index contributed by atoms with van der Waals surface area (Å²) in [6, 6.07) is 10.5. The minimum atomic E-state index is -0.576. The Hall–Kier alpha value is -3.00. The molecule has 0 atom stereocenters. The van der Waals surface area contributed by atoms with Gasteiger partial charge in [-0.3, -0.25) is 14.9 Å². The van der Waals surface area contributed by atoms with Crippen molar-refractivity contribution in [3.63, 3.8) is 0 Å². The number of amides is 1. The Morgan fingerprint density at radius 2 is 2.13 bits per heavy atom. The molecule has 0 saturated heterocycles. The van der Waals surface area contributed by atoms with Crippen LogP contribution in [0.25, 0.3) is 0 Å². The summed E-state index contributed by atoms with van der Waals surface area (Å²) in [5.41, 5.74) is 1.96. The summed E-state index contributed by atoms with van der Waals surface area (Å²) in [5, 5.41) is 10.1. The molecule has 0 aliphatic heterocycles. The lowest BCUT2D eigenvalue weighted by Gasteiger charge is -2.05. The van der Waals surface area contributed by atoms with Gasteiger partial charge >= 0.3 is 0 Å². The molecule has 1 aromatic carbocycles. The molecule has 1 amide bonds.